The van der Waals surface area contributed by atoms with Crippen molar-refractivity contribution in [1.29, 1.82) is 0 Å². The quantitative estimate of drug-likeness (QED) is 0.416. The number of carboxylic acid groups (broad SMARTS) is 1. The minimum Gasteiger partial charge on any atom is -0.497 e. The van der Waals surface area contributed by atoms with Crippen molar-refractivity contribution in [2.24, 2.45) is 5.92 Å². The van der Waals surface area contributed by atoms with Gasteiger partial charge in [0, 0.05) is 5.56 Å². The van der Waals surface area contributed by atoms with Gasteiger partial charge in [0.05, 0.1) is 13.5 Å². The van der Waals surface area contributed by atoms with E-state index >= 15 is 0 Å². The second kappa shape index (κ2) is 9.49. The highest BCUT2D eigenvalue weighted by atomic mass is 19.1. The van der Waals surface area contributed by atoms with Gasteiger partial charge in [-0.25, -0.2) is 4.39 Å². The van der Waals surface area contributed by atoms with Gasteiger partial charge in [-0.05, 0) is 84.0 Å². The van der Waals surface area contributed by atoms with Crippen molar-refractivity contribution in [2.45, 2.75) is 50.5 Å². The summed E-state index contributed by atoms with van der Waals surface area (Å²) in [6.45, 7) is 0. The highest BCUT2D eigenvalue weighted by Gasteiger charge is 2.31. The molecule has 0 saturated heterocycles. The van der Waals surface area contributed by atoms with Crippen molar-refractivity contribution < 1.29 is 23.8 Å². The first-order valence-electron chi connectivity index (χ1n) is 12.0. The Morgan fingerprint density at radius 1 is 1.09 bits per heavy atom. The summed E-state index contributed by atoms with van der Waals surface area (Å²) in [5.41, 5.74) is 4.57. The first kappa shape index (κ1) is 22.5. The van der Waals surface area contributed by atoms with E-state index in [0.717, 1.165) is 53.7 Å². The summed E-state index contributed by atoms with van der Waals surface area (Å²) in [6.07, 6.45) is 5.21. The topological polar surface area (TPSA) is 55.8 Å². The van der Waals surface area contributed by atoms with Crippen LogP contribution in [0.15, 0.2) is 60.7 Å². The standard InChI is InChI=1S/C29H29FO4/c1-33-23-12-13-26(30)25(16-23)19-5-7-20(8-6-19)27-14-11-21-9-10-22(15-28(21)34-27)24(17-29(31)32)18-3-2-4-18/h5-10,12-13,15-16,18,24,27H,2-4,11,14,17H2,1H3,(H,31,32)/t24-,27-/m0/s1. The Balaban J connectivity index is 1.36. The van der Waals surface area contributed by atoms with Crippen molar-refractivity contribution >= 4 is 5.97 Å². The van der Waals surface area contributed by atoms with Crippen LogP contribution in [0.3, 0.4) is 0 Å². The Morgan fingerprint density at radius 2 is 1.88 bits per heavy atom. The van der Waals surface area contributed by atoms with Crippen LogP contribution in [0.25, 0.3) is 11.1 Å². The molecule has 2 aliphatic rings. The number of aryl methyl sites for hydroxylation is 1. The smallest absolute Gasteiger partial charge is 0.303 e. The van der Waals surface area contributed by atoms with Crippen molar-refractivity contribution in [1.82, 2.24) is 0 Å². The van der Waals surface area contributed by atoms with Gasteiger partial charge >= 0.3 is 5.97 Å². The van der Waals surface area contributed by atoms with E-state index < -0.39 is 5.97 Å². The summed E-state index contributed by atoms with van der Waals surface area (Å²) in [4.78, 5) is 11.5. The van der Waals surface area contributed by atoms with Crippen LogP contribution >= 0.6 is 0 Å². The lowest BCUT2D eigenvalue weighted by atomic mass is 9.71. The molecular formula is C29H29FO4. The number of carbonyl (C=O) groups is 1. The lowest BCUT2D eigenvalue weighted by Crippen LogP contribution is -2.23. The predicted octanol–water partition coefficient (Wildman–Crippen LogP) is 6.93. The Kier molecular flexibility index (Phi) is 6.27. The molecule has 1 fully saturated rings. The maximum Gasteiger partial charge on any atom is 0.303 e. The molecule has 34 heavy (non-hydrogen) atoms. The number of carboxylic acids is 1. The molecule has 0 amide bonds. The summed E-state index contributed by atoms with van der Waals surface area (Å²) in [7, 11) is 1.57. The van der Waals surface area contributed by atoms with Crippen LogP contribution in [0.1, 0.15) is 60.8 Å². The number of methoxy groups -OCH3 is 1. The first-order chi connectivity index (χ1) is 16.5. The normalized spacial score (nSPS) is 18.4. The third-order valence-corrected chi connectivity index (χ3v) is 7.34. The number of rotatable bonds is 7. The summed E-state index contributed by atoms with van der Waals surface area (Å²) >= 11 is 0. The molecule has 5 heteroatoms. The number of aliphatic carboxylic acids is 1. The zero-order valence-corrected chi connectivity index (χ0v) is 19.3. The van der Waals surface area contributed by atoms with Gasteiger partial charge in [0.25, 0.3) is 0 Å². The van der Waals surface area contributed by atoms with Gasteiger partial charge in [0.1, 0.15) is 23.4 Å². The van der Waals surface area contributed by atoms with E-state index in [2.05, 4.69) is 18.2 Å². The maximum absolute atomic E-state index is 14.4. The molecule has 0 unspecified atom stereocenters. The van der Waals surface area contributed by atoms with Gasteiger partial charge in [-0.1, -0.05) is 42.8 Å². The molecule has 1 aliphatic heterocycles. The fraction of sp³-hybridized carbons (Fsp3) is 0.345. The summed E-state index contributed by atoms with van der Waals surface area (Å²) in [5.74, 6) is 0.918. The van der Waals surface area contributed by atoms with Crippen LogP contribution in [0, 0.1) is 11.7 Å². The number of ether oxygens (including phenoxy) is 2. The Hall–Kier alpha value is -3.34. The number of benzene rings is 3. The molecule has 3 aromatic rings. The monoisotopic (exact) mass is 460 g/mol. The highest BCUT2D eigenvalue weighted by molar-refractivity contribution is 5.68. The molecular weight excluding hydrogens is 431 g/mol. The number of halogens is 1. The second-order valence-electron chi connectivity index (χ2n) is 9.38. The van der Waals surface area contributed by atoms with Gasteiger partial charge in [0.2, 0.25) is 0 Å². The summed E-state index contributed by atoms with van der Waals surface area (Å²) in [5, 5.41) is 9.43. The molecule has 0 aromatic heterocycles. The summed E-state index contributed by atoms with van der Waals surface area (Å²) in [6, 6.07) is 18.8. The largest absolute Gasteiger partial charge is 0.497 e. The highest BCUT2D eigenvalue weighted by Crippen LogP contribution is 2.44. The van der Waals surface area contributed by atoms with Gasteiger partial charge in [0.15, 0.2) is 0 Å². The number of hydrogen-bond acceptors (Lipinski definition) is 3. The van der Waals surface area contributed by atoms with E-state index in [1.54, 1.807) is 19.2 Å². The van der Waals surface area contributed by atoms with Gasteiger partial charge in [-0.3, -0.25) is 4.79 Å². The van der Waals surface area contributed by atoms with Crippen LogP contribution in [0.2, 0.25) is 0 Å². The van der Waals surface area contributed by atoms with E-state index in [1.807, 2.05) is 24.3 Å². The zero-order chi connectivity index (χ0) is 23.7. The van der Waals surface area contributed by atoms with Crippen molar-refractivity contribution in [3.05, 3.63) is 83.2 Å². The zero-order valence-electron chi connectivity index (χ0n) is 19.3. The molecule has 3 aromatic carbocycles. The van der Waals surface area contributed by atoms with E-state index in [4.69, 9.17) is 9.47 Å². The average Bonchev–Trinajstić information content (AvgIpc) is 2.82. The SMILES string of the molecule is COc1ccc(F)c(-c2ccc([C@@H]3CCc4ccc([C@@H](CC(=O)O)C5CCC5)cc4O3)cc2)c1. The van der Waals surface area contributed by atoms with Crippen molar-refractivity contribution in [3.8, 4) is 22.6 Å². The van der Waals surface area contributed by atoms with E-state index in [9.17, 15) is 14.3 Å². The third-order valence-electron chi connectivity index (χ3n) is 7.34. The molecule has 1 N–H and O–H groups in total. The fourth-order valence-corrected chi connectivity index (χ4v) is 5.17. The minimum atomic E-state index is -0.749. The number of hydrogen-bond donors (Lipinski definition) is 1. The molecule has 0 radical (unpaired) electrons. The Bertz CT molecular complexity index is 1180. The fourth-order valence-electron chi connectivity index (χ4n) is 5.17. The molecule has 4 nitrogen and oxygen atoms in total. The first-order valence-corrected chi connectivity index (χ1v) is 12.0. The Labute approximate surface area is 199 Å². The molecule has 1 aliphatic carbocycles. The van der Waals surface area contributed by atoms with Crippen molar-refractivity contribution in [2.75, 3.05) is 7.11 Å². The van der Waals surface area contributed by atoms with Gasteiger partial charge < -0.3 is 14.6 Å². The molecule has 0 spiro atoms. The lowest BCUT2D eigenvalue weighted by molar-refractivity contribution is -0.138. The van der Waals surface area contributed by atoms with Crippen LogP contribution in [0.4, 0.5) is 4.39 Å². The molecule has 2 atom stereocenters. The molecule has 1 heterocycles. The van der Waals surface area contributed by atoms with Crippen LogP contribution in [-0.4, -0.2) is 18.2 Å². The predicted molar refractivity (Wildman–Crippen MR) is 129 cm³/mol. The summed E-state index contributed by atoms with van der Waals surface area (Å²) < 4.78 is 26.0. The molecule has 0 bridgehead atoms. The lowest BCUT2D eigenvalue weighted by Gasteiger charge is -2.34. The van der Waals surface area contributed by atoms with Crippen molar-refractivity contribution in [3.63, 3.8) is 0 Å². The van der Waals surface area contributed by atoms with Crippen LogP contribution in [-0.2, 0) is 11.2 Å². The molecule has 1 saturated carbocycles. The minimum absolute atomic E-state index is 0.0394. The third kappa shape index (κ3) is 4.52. The van der Waals surface area contributed by atoms with Gasteiger partial charge in [-0.15, -0.1) is 0 Å². The second-order valence-corrected chi connectivity index (χ2v) is 9.38. The average molecular weight is 461 g/mol. The number of fused-ring (bicyclic) bond motifs is 1. The molecule has 5 rings (SSSR count). The maximum atomic E-state index is 14.4. The van der Waals surface area contributed by atoms with E-state index in [1.165, 1.54) is 12.5 Å². The molecule has 176 valence electrons. The van der Waals surface area contributed by atoms with Crippen LogP contribution in [0.5, 0.6) is 11.5 Å². The van der Waals surface area contributed by atoms with E-state index in [0.29, 0.717) is 17.2 Å². The van der Waals surface area contributed by atoms with E-state index in [-0.39, 0.29) is 24.3 Å². The Morgan fingerprint density at radius 3 is 2.56 bits per heavy atom. The van der Waals surface area contributed by atoms with Gasteiger partial charge in [-0.2, -0.15) is 0 Å². The van der Waals surface area contributed by atoms with Crippen LogP contribution < -0.4 is 9.47 Å².